The molecule has 1 aliphatic rings. The van der Waals surface area contributed by atoms with Crippen LogP contribution in [0.1, 0.15) is 35.6 Å². The minimum atomic E-state index is -0.142. The van der Waals surface area contributed by atoms with Gasteiger partial charge in [-0.25, -0.2) is 4.98 Å². The Morgan fingerprint density at radius 2 is 2.12 bits per heavy atom. The Balaban J connectivity index is 1.55. The van der Waals surface area contributed by atoms with Gasteiger partial charge in [0.05, 0.1) is 12.8 Å². The summed E-state index contributed by atoms with van der Waals surface area (Å²) in [7, 11) is 1.56. The van der Waals surface area contributed by atoms with Crippen LogP contribution in [-0.2, 0) is 13.0 Å². The van der Waals surface area contributed by atoms with E-state index in [4.69, 9.17) is 9.72 Å². The van der Waals surface area contributed by atoms with Crippen molar-refractivity contribution in [1.29, 1.82) is 0 Å². The normalized spacial score (nSPS) is 16.6. The lowest BCUT2D eigenvalue weighted by Gasteiger charge is -2.32. The lowest BCUT2D eigenvalue weighted by molar-refractivity contribution is 0.198. The molecule has 1 saturated heterocycles. The molecule has 1 atom stereocenters. The maximum atomic E-state index is 12.3. The van der Waals surface area contributed by atoms with E-state index in [1.165, 1.54) is 0 Å². The molecule has 0 amide bonds. The Morgan fingerprint density at radius 3 is 2.88 bits per heavy atom. The predicted molar refractivity (Wildman–Crippen MR) is 124 cm³/mol. The molecule has 1 fully saturated rings. The molecule has 0 bridgehead atoms. The van der Waals surface area contributed by atoms with Gasteiger partial charge in [-0.05, 0) is 49.6 Å². The van der Waals surface area contributed by atoms with Gasteiger partial charge in [0.1, 0.15) is 5.82 Å². The van der Waals surface area contributed by atoms with Crippen LogP contribution in [0.5, 0.6) is 11.5 Å². The third-order valence-electron chi connectivity index (χ3n) is 5.84. The molecule has 3 aromatic rings. The maximum Gasteiger partial charge on any atom is 0.251 e. The standard InChI is InChI=1S/C25H28N4O3/c1-3-5-19-12-17(13-22(32-2)24(19)31)15-29-11-4-6-20(16-29)21-14-23(30)28-25(27-21)18-7-9-26-10-8-18/h3,7-10,12-14,20,31H,1,4-6,11,15-16H2,2H3,(H,27,28,30). The van der Waals surface area contributed by atoms with Gasteiger partial charge in [-0.3, -0.25) is 14.7 Å². The molecule has 7 nitrogen and oxygen atoms in total. The molecule has 0 radical (unpaired) electrons. The van der Waals surface area contributed by atoms with E-state index >= 15 is 0 Å². The first-order valence-electron chi connectivity index (χ1n) is 10.8. The van der Waals surface area contributed by atoms with Crippen LogP contribution in [0.4, 0.5) is 0 Å². The second-order valence-corrected chi connectivity index (χ2v) is 8.13. The van der Waals surface area contributed by atoms with Crippen LogP contribution in [0.3, 0.4) is 0 Å². The molecule has 0 saturated carbocycles. The maximum absolute atomic E-state index is 12.3. The summed E-state index contributed by atoms with van der Waals surface area (Å²) in [6.45, 7) is 6.29. The van der Waals surface area contributed by atoms with Crippen molar-refractivity contribution >= 4 is 0 Å². The van der Waals surface area contributed by atoms with Gasteiger partial charge in [-0.2, -0.15) is 0 Å². The highest BCUT2D eigenvalue weighted by atomic mass is 16.5. The van der Waals surface area contributed by atoms with E-state index in [9.17, 15) is 9.90 Å². The first kappa shape index (κ1) is 21.8. The number of aromatic nitrogens is 3. The number of aromatic hydroxyl groups is 1. The fourth-order valence-corrected chi connectivity index (χ4v) is 4.32. The highest BCUT2D eigenvalue weighted by Crippen LogP contribution is 2.33. The number of nitrogens with one attached hydrogen (secondary N) is 1. The molecule has 2 N–H and O–H groups in total. The van der Waals surface area contributed by atoms with Gasteiger partial charge in [0.2, 0.25) is 0 Å². The minimum absolute atomic E-state index is 0.142. The Labute approximate surface area is 187 Å². The van der Waals surface area contributed by atoms with Crippen LogP contribution in [0.25, 0.3) is 11.4 Å². The number of aromatic amines is 1. The summed E-state index contributed by atoms with van der Waals surface area (Å²) >= 11 is 0. The number of methoxy groups -OCH3 is 1. The van der Waals surface area contributed by atoms with E-state index in [1.807, 2.05) is 24.3 Å². The van der Waals surface area contributed by atoms with E-state index in [2.05, 4.69) is 21.4 Å². The molecule has 32 heavy (non-hydrogen) atoms. The number of likely N-dealkylation sites (tertiary alicyclic amines) is 1. The number of hydrogen-bond acceptors (Lipinski definition) is 6. The molecular weight excluding hydrogens is 404 g/mol. The summed E-state index contributed by atoms with van der Waals surface area (Å²) in [6.07, 6.45) is 7.75. The molecule has 1 aromatic carbocycles. The molecule has 1 aliphatic heterocycles. The number of rotatable bonds is 7. The molecule has 2 aromatic heterocycles. The lowest BCUT2D eigenvalue weighted by Crippen LogP contribution is -2.34. The van der Waals surface area contributed by atoms with Crippen LogP contribution in [0.2, 0.25) is 0 Å². The van der Waals surface area contributed by atoms with Gasteiger partial charge in [0.15, 0.2) is 11.5 Å². The average molecular weight is 433 g/mol. The van der Waals surface area contributed by atoms with Crippen molar-refractivity contribution in [2.75, 3.05) is 20.2 Å². The van der Waals surface area contributed by atoms with Gasteiger partial charge in [-0.15, -0.1) is 6.58 Å². The van der Waals surface area contributed by atoms with Gasteiger partial charge < -0.3 is 14.8 Å². The van der Waals surface area contributed by atoms with Crippen LogP contribution in [0, 0.1) is 0 Å². The van der Waals surface area contributed by atoms with Gasteiger partial charge in [0, 0.05) is 48.6 Å². The number of ether oxygens (including phenoxy) is 1. The second-order valence-electron chi connectivity index (χ2n) is 8.13. The first-order valence-corrected chi connectivity index (χ1v) is 10.8. The van der Waals surface area contributed by atoms with E-state index in [1.54, 1.807) is 31.6 Å². The molecular formula is C25H28N4O3. The monoisotopic (exact) mass is 432 g/mol. The Bertz CT molecular complexity index is 1140. The quantitative estimate of drug-likeness (QED) is 0.554. The third-order valence-corrected chi connectivity index (χ3v) is 5.84. The van der Waals surface area contributed by atoms with E-state index in [0.29, 0.717) is 18.0 Å². The van der Waals surface area contributed by atoms with Crippen LogP contribution in [0.15, 0.2) is 60.2 Å². The molecule has 166 valence electrons. The SMILES string of the molecule is C=CCc1cc(CN2CCCC(c3cc(=O)[nH]c(-c4ccncc4)n3)C2)cc(OC)c1O. The number of benzene rings is 1. The molecule has 4 rings (SSSR count). The predicted octanol–water partition coefficient (Wildman–Crippen LogP) is 3.65. The molecule has 1 unspecified atom stereocenters. The fourth-order valence-electron chi connectivity index (χ4n) is 4.32. The van der Waals surface area contributed by atoms with Crippen molar-refractivity contribution in [2.24, 2.45) is 0 Å². The van der Waals surface area contributed by atoms with Crippen LogP contribution < -0.4 is 10.3 Å². The number of pyridine rings is 1. The zero-order chi connectivity index (χ0) is 22.5. The molecule has 7 heteroatoms. The zero-order valence-corrected chi connectivity index (χ0v) is 18.3. The number of piperidine rings is 1. The van der Waals surface area contributed by atoms with Gasteiger partial charge in [0.25, 0.3) is 5.56 Å². The Kier molecular flexibility index (Phi) is 6.66. The molecule has 3 heterocycles. The number of phenolic OH excluding ortho intramolecular Hbond substituents is 1. The van der Waals surface area contributed by atoms with E-state index < -0.39 is 0 Å². The summed E-state index contributed by atoms with van der Waals surface area (Å²) in [5.41, 5.74) is 3.41. The number of allylic oxidation sites excluding steroid dienone is 1. The fraction of sp³-hybridized carbons (Fsp3) is 0.320. The second kappa shape index (κ2) is 9.78. The summed E-state index contributed by atoms with van der Waals surface area (Å²) in [5, 5.41) is 10.4. The van der Waals surface area contributed by atoms with Crippen molar-refractivity contribution in [2.45, 2.75) is 31.7 Å². The summed E-state index contributed by atoms with van der Waals surface area (Å²) in [6, 6.07) is 9.20. The Hall–Kier alpha value is -3.45. The summed E-state index contributed by atoms with van der Waals surface area (Å²) in [4.78, 5) is 26.3. The summed E-state index contributed by atoms with van der Waals surface area (Å²) < 4.78 is 5.37. The van der Waals surface area contributed by atoms with Crippen molar-refractivity contribution < 1.29 is 9.84 Å². The number of phenols is 1. The third kappa shape index (κ3) is 4.89. The number of nitrogens with zero attached hydrogens (tertiary/aromatic N) is 3. The van der Waals surface area contributed by atoms with Crippen molar-refractivity contribution in [3.63, 3.8) is 0 Å². The smallest absolute Gasteiger partial charge is 0.251 e. The van der Waals surface area contributed by atoms with Gasteiger partial charge in [-0.1, -0.05) is 12.1 Å². The minimum Gasteiger partial charge on any atom is -0.504 e. The topological polar surface area (TPSA) is 91.3 Å². The molecule has 0 spiro atoms. The average Bonchev–Trinajstić information content (AvgIpc) is 2.81. The highest BCUT2D eigenvalue weighted by molar-refractivity contribution is 5.53. The number of H-pyrrole nitrogens is 1. The zero-order valence-electron chi connectivity index (χ0n) is 18.3. The molecule has 0 aliphatic carbocycles. The van der Waals surface area contributed by atoms with E-state index in [0.717, 1.165) is 54.9 Å². The van der Waals surface area contributed by atoms with Crippen molar-refractivity contribution in [3.8, 4) is 22.9 Å². The number of hydrogen-bond donors (Lipinski definition) is 2. The first-order chi connectivity index (χ1) is 15.6. The highest BCUT2D eigenvalue weighted by Gasteiger charge is 2.24. The van der Waals surface area contributed by atoms with Crippen molar-refractivity contribution in [3.05, 3.63) is 82.6 Å². The Morgan fingerprint density at radius 1 is 1.31 bits per heavy atom. The van der Waals surface area contributed by atoms with Crippen LogP contribution in [-0.4, -0.2) is 45.2 Å². The van der Waals surface area contributed by atoms with Crippen molar-refractivity contribution in [1.82, 2.24) is 19.9 Å². The lowest BCUT2D eigenvalue weighted by atomic mass is 9.93. The van der Waals surface area contributed by atoms with Crippen LogP contribution >= 0.6 is 0 Å². The summed E-state index contributed by atoms with van der Waals surface area (Å²) in [5.74, 6) is 1.40. The largest absolute Gasteiger partial charge is 0.504 e. The van der Waals surface area contributed by atoms with Gasteiger partial charge >= 0.3 is 0 Å². The van der Waals surface area contributed by atoms with E-state index in [-0.39, 0.29) is 17.2 Å².